The van der Waals surface area contributed by atoms with Crippen LogP contribution in [0.5, 0.6) is 0 Å². The Hall–Kier alpha value is -1.90. The fourth-order valence-electron chi connectivity index (χ4n) is 3.06. The molecular formula is C18H23N3. The van der Waals surface area contributed by atoms with Crippen molar-refractivity contribution in [2.75, 3.05) is 12.4 Å². The van der Waals surface area contributed by atoms with Crippen LogP contribution in [0.4, 0.5) is 5.82 Å². The molecule has 1 aromatic carbocycles. The maximum Gasteiger partial charge on any atom is 0.140 e. The quantitative estimate of drug-likeness (QED) is 0.931. The van der Waals surface area contributed by atoms with Gasteiger partial charge in [0.15, 0.2) is 0 Å². The molecule has 110 valence electrons. The van der Waals surface area contributed by atoms with Gasteiger partial charge in [-0.1, -0.05) is 30.3 Å². The molecule has 1 aromatic heterocycles. The molecule has 0 aliphatic heterocycles. The van der Waals surface area contributed by atoms with Crippen LogP contribution in [-0.2, 0) is 18.3 Å². The average Bonchev–Trinajstić information content (AvgIpc) is 2.54. The first kappa shape index (κ1) is 14.1. The summed E-state index contributed by atoms with van der Waals surface area (Å²) in [4.78, 5) is 9.75. The van der Waals surface area contributed by atoms with Gasteiger partial charge in [-0.15, -0.1) is 0 Å². The number of nitrogens with zero attached hydrogens (tertiary/aromatic N) is 2. The Morgan fingerprint density at radius 2 is 1.71 bits per heavy atom. The van der Waals surface area contributed by atoms with Crippen molar-refractivity contribution >= 4 is 5.82 Å². The summed E-state index contributed by atoms with van der Waals surface area (Å²) in [5.41, 5.74) is 3.62. The van der Waals surface area contributed by atoms with Gasteiger partial charge < -0.3 is 5.32 Å². The molecule has 0 unspecified atom stereocenters. The highest BCUT2D eigenvalue weighted by Gasteiger charge is 2.29. The molecular weight excluding hydrogens is 258 g/mol. The summed E-state index contributed by atoms with van der Waals surface area (Å²) in [7, 11) is 1.95. The van der Waals surface area contributed by atoms with Crippen molar-refractivity contribution in [2.45, 2.75) is 44.9 Å². The summed E-state index contributed by atoms with van der Waals surface area (Å²) >= 11 is 0. The number of aryl methyl sites for hydroxylation is 1. The van der Waals surface area contributed by atoms with Gasteiger partial charge in [0.05, 0.1) is 0 Å². The van der Waals surface area contributed by atoms with Crippen molar-refractivity contribution in [1.82, 2.24) is 9.97 Å². The standard InChI is InChI=1S/C18H23N3/c1-18(2,13-9-5-4-6-10-13)17-20-15-12-8-7-11-14(15)16(19-3)21-17/h4-6,9-10H,7-8,11-12H2,1-3H3,(H,19,20,21). The zero-order valence-corrected chi connectivity index (χ0v) is 13.1. The lowest BCUT2D eigenvalue weighted by molar-refractivity contribution is 0.571. The lowest BCUT2D eigenvalue weighted by Crippen LogP contribution is -2.25. The van der Waals surface area contributed by atoms with Crippen LogP contribution in [0.3, 0.4) is 0 Å². The van der Waals surface area contributed by atoms with Crippen LogP contribution in [0.2, 0.25) is 0 Å². The van der Waals surface area contributed by atoms with Gasteiger partial charge in [0.2, 0.25) is 0 Å². The normalized spacial score (nSPS) is 14.6. The molecule has 3 heteroatoms. The van der Waals surface area contributed by atoms with Gasteiger partial charge in [-0.2, -0.15) is 0 Å². The van der Waals surface area contributed by atoms with Crippen molar-refractivity contribution in [3.05, 3.63) is 53.0 Å². The van der Waals surface area contributed by atoms with Gasteiger partial charge in [0, 0.05) is 23.7 Å². The monoisotopic (exact) mass is 281 g/mol. The zero-order chi connectivity index (χ0) is 14.9. The second-order valence-corrected chi connectivity index (χ2v) is 6.27. The van der Waals surface area contributed by atoms with Crippen LogP contribution < -0.4 is 5.32 Å². The highest BCUT2D eigenvalue weighted by Crippen LogP contribution is 2.33. The van der Waals surface area contributed by atoms with E-state index in [-0.39, 0.29) is 5.41 Å². The number of aromatic nitrogens is 2. The predicted octanol–water partition coefficient (Wildman–Crippen LogP) is 3.72. The van der Waals surface area contributed by atoms with Crippen LogP contribution in [0.15, 0.2) is 30.3 Å². The van der Waals surface area contributed by atoms with Crippen molar-refractivity contribution < 1.29 is 0 Å². The molecule has 1 N–H and O–H groups in total. The number of hydrogen-bond acceptors (Lipinski definition) is 3. The van der Waals surface area contributed by atoms with Crippen molar-refractivity contribution in [3.8, 4) is 0 Å². The highest BCUT2D eigenvalue weighted by atomic mass is 15.0. The maximum absolute atomic E-state index is 4.92. The van der Waals surface area contributed by atoms with Crippen LogP contribution in [0.25, 0.3) is 0 Å². The SMILES string of the molecule is CNc1nc(C(C)(C)c2ccccc2)nc2c1CCCC2. The largest absolute Gasteiger partial charge is 0.373 e. The molecule has 0 amide bonds. The van der Waals surface area contributed by atoms with E-state index < -0.39 is 0 Å². The number of fused-ring (bicyclic) bond motifs is 1. The topological polar surface area (TPSA) is 37.8 Å². The Labute approximate surface area is 126 Å². The lowest BCUT2D eigenvalue weighted by atomic mass is 9.83. The van der Waals surface area contributed by atoms with Crippen molar-refractivity contribution in [1.29, 1.82) is 0 Å². The summed E-state index contributed by atoms with van der Waals surface area (Å²) in [5, 5.41) is 3.27. The third kappa shape index (κ3) is 2.53. The number of rotatable bonds is 3. The van der Waals surface area contributed by atoms with E-state index in [1.54, 1.807) is 0 Å². The van der Waals surface area contributed by atoms with Gasteiger partial charge in [0.25, 0.3) is 0 Å². The lowest BCUT2D eigenvalue weighted by Gasteiger charge is -2.27. The molecule has 1 aliphatic rings. The smallest absolute Gasteiger partial charge is 0.140 e. The van der Waals surface area contributed by atoms with E-state index in [4.69, 9.17) is 9.97 Å². The molecule has 0 spiro atoms. The first-order chi connectivity index (χ1) is 10.1. The zero-order valence-electron chi connectivity index (χ0n) is 13.1. The molecule has 2 aromatic rings. The molecule has 0 saturated heterocycles. The van der Waals surface area contributed by atoms with E-state index in [9.17, 15) is 0 Å². The van der Waals surface area contributed by atoms with E-state index in [1.165, 1.54) is 29.7 Å². The average molecular weight is 281 g/mol. The van der Waals surface area contributed by atoms with E-state index in [0.29, 0.717) is 0 Å². The number of benzene rings is 1. The third-order valence-electron chi connectivity index (χ3n) is 4.47. The first-order valence-electron chi connectivity index (χ1n) is 7.76. The van der Waals surface area contributed by atoms with Gasteiger partial charge in [-0.05, 0) is 45.1 Å². The van der Waals surface area contributed by atoms with E-state index in [1.807, 2.05) is 13.1 Å². The molecule has 0 atom stereocenters. The molecule has 1 heterocycles. The van der Waals surface area contributed by atoms with E-state index >= 15 is 0 Å². The van der Waals surface area contributed by atoms with Gasteiger partial charge >= 0.3 is 0 Å². The molecule has 1 aliphatic carbocycles. The second-order valence-electron chi connectivity index (χ2n) is 6.27. The molecule has 3 nitrogen and oxygen atoms in total. The van der Waals surface area contributed by atoms with Crippen LogP contribution in [0, 0.1) is 0 Å². The minimum Gasteiger partial charge on any atom is -0.373 e. The minimum absolute atomic E-state index is 0.181. The second kappa shape index (κ2) is 5.47. The Balaban J connectivity index is 2.10. The molecule has 0 fully saturated rings. The fourth-order valence-corrected chi connectivity index (χ4v) is 3.06. The van der Waals surface area contributed by atoms with E-state index in [0.717, 1.165) is 24.5 Å². The Kier molecular flexibility index (Phi) is 3.66. The fraction of sp³-hybridized carbons (Fsp3) is 0.444. The number of hydrogen-bond donors (Lipinski definition) is 1. The van der Waals surface area contributed by atoms with Gasteiger partial charge in [-0.3, -0.25) is 0 Å². The first-order valence-corrected chi connectivity index (χ1v) is 7.76. The highest BCUT2D eigenvalue weighted by molar-refractivity contribution is 5.48. The summed E-state index contributed by atoms with van der Waals surface area (Å²) in [5.74, 6) is 1.93. The molecule has 0 bridgehead atoms. The summed E-state index contributed by atoms with van der Waals surface area (Å²) in [6.07, 6.45) is 4.65. The maximum atomic E-state index is 4.92. The Morgan fingerprint density at radius 1 is 1.00 bits per heavy atom. The van der Waals surface area contributed by atoms with Gasteiger partial charge in [-0.25, -0.2) is 9.97 Å². The van der Waals surface area contributed by atoms with Crippen LogP contribution in [0.1, 0.15) is 49.3 Å². The Morgan fingerprint density at radius 3 is 2.43 bits per heavy atom. The minimum atomic E-state index is -0.181. The molecule has 21 heavy (non-hydrogen) atoms. The Bertz CT molecular complexity index is 615. The summed E-state index contributed by atoms with van der Waals surface area (Å²) < 4.78 is 0. The molecule has 0 radical (unpaired) electrons. The van der Waals surface area contributed by atoms with E-state index in [2.05, 4.69) is 43.4 Å². The third-order valence-corrected chi connectivity index (χ3v) is 4.47. The molecule has 3 rings (SSSR count). The van der Waals surface area contributed by atoms with Crippen LogP contribution in [-0.4, -0.2) is 17.0 Å². The number of nitrogens with one attached hydrogen (secondary N) is 1. The van der Waals surface area contributed by atoms with Crippen molar-refractivity contribution in [3.63, 3.8) is 0 Å². The summed E-state index contributed by atoms with van der Waals surface area (Å²) in [6, 6.07) is 10.5. The van der Waals surface area contributed by atoms with Gasteiger partial charge in [0.1, 0.15) is 11.6 Å². The predicted molar refractivity (Wildman–Crippen MR) is 86.8 cm³/mol. The molecule has 0 saturated carbocycles. The van der Waals surface area contributed by atoms with Crippen molar-refractivity contribution in [2.24, 2.45) is 0 Å². The number of anilines is 1. The summed E-state index contributed by atoms with van der Waals surface area (Å²) in [6.45, 7) is 4.40. The van der Waals surface area contributed by atoms with Crippen LogP contribution >= 0.6 is 0 Å².